The van der Waals surface area contributed by atoms with Gasteiger partial charge in [0.25, 0.3) is 5.91 Å². The van der Waals surface area contributed by atoms with Gasteiger partial charge in [0.15, 0.2) is 0 Å². The Balaban J connectivity index is 1.37. The lowest BCUT2D eigenvalue weighted by Gasteiger charge is -2.37. The van der Waals surface area contributed by atoms with Gasteiger partial charge < -0.3 is 15.1 Å². The average Bonchev–Trinajstić information content (AvgIpc) is 3.12. The molecule has 2 heterocycles. The fourth-order valence-corrected chi connectivity index (χ4v) is 6.09. The molecule has 0 atom stereocenters. The number of rotatable bonds is 6. The van der Waals surface area contributed by atoms with Crippen LogP contribution in [-0.4, -0.2) is 62.2 Å². The van der Waals surface area contributed by atoms with E-state index >= 15 is 4.39 Å². The molecule has 0 unspecified atom stereocenters. The van der Waals surface area contributed by atoms with E-state index in [0.717, 1.165) is 50.0 Å². The lowest BCUT2D eigenvalue weighted by molar-refractivity contribution is 0.0421. The first-order valence-corrected chi connectivity index (χ1v) is 14.6. The molecule has 1 aliphatic carbocycles. The second-order valence-corrected chi connectivity index (χ2v) is 11.6. The molecule has 0 bridgehead atoms. The molecule has 2 aromatic rings. The summed E-state index contributed by atoms with van der Waals surface area (Å²) in [5.41, 5.74) is 5.79. The van der Waals surface area contributed by atoms with Gasteiger partial charge in [-0.2, -0.15) is 5.26 Å². The highest BCUT2D eigenvalue weighted by Crippen LogP contribution is 2.43. The third kappa shape index (κ3) is 5.83. The third-order valence-electron chi connectivity index (χ3n) is 9.08. The van der Waals surface area contributed by atoms with Gasteiger partial charge in [-0.1, -0.05) is 24.6 Å². The zero-order chi connectivity index (χ0) is 28.3. The number of hydrogen-bond acceptors (Lipinski definition) is 5. The maximum atomic E-state index is 15.8. The first kappa shape index (κ1) is 28.0. The maximum Gasteiger partial charge on any atom is 0.254 e. The van der Waals surface area contributed by atoms with Crippen molar-refractivity contribution in [3.8, 4) is 6.07 Å². The number of halogens is 1. The molecule has 0 radical (unpaired) electrons. The predicted molar refractivity (Wildman–Crippen MR) is 158 cm³/mol. The van der Waals surface area contributed by atoms with Gasteiger partial charge in [-0.15, -0.1) is 0 Å². The van der Waals surface area contributed by atoms with Crippen molar-refractivity contribution in [1.82, 2.24) is 15.1 Å². The third-order valence-corrected chi connectivity index (χ3v) is 9.08. The summed E-state index contributed by atoms with van der Waals surface area (Å²) in [4.78, 5) is 22.9. The highest BCUT2D eigenvalue weighted by Gasteiger charge is 2.38. The minimum absolute atomic E-state index is 0.0535. The van der Waals surface area contributed by atoms with Crippen molar-refractivity contribution in [1.29, 1.82) is 5.26 Å². The van der Waals surface area contributed by atoms with E-state index in [1.54, 1.807) is 29.2 Å². The molecule has 3 aliphatic rings. The standard InChI is InChI=1S/C33H40FN5O/c1-23-19-29(25-5-4-6-25)31(37-22-26-11-15-38(3)16-12-30(26)36-2)20-28(23)32(40)39-17-13-33(34,14-18-39)27-9-7-24(21-35)8-10-27/h7-10,19-20,22,25,36H,4-6,11-18H2,1-3H3/b37-22+. The van der Waals surface area contributed by atoms with Crippen LogP contribution in [0.1, 0.15) is 83.5 Å². The summed E-state index contributed by atoms with van der Waals surface area (Å²) in [5, 5.41) is 12.4. The predicted octanol–water partition coefficient (Wildman–Crippen LogP) is 6.14. The molecule has 210 valence electrons. The fraction of sp³-hybridized carbons (Fsp3) is 0.485. The van der Waals surface area contributed by atoms with E-state index in [4.69, 9.17) is 10.3 Å². The van der Waals surface area contributed by atoms with Crippen molar-refractivity contribution in [3.05, 3.63) is 75.5 Å². The molecule has 1 saturated carbocycles. The number of alkyl halides is 1. The van der Waals surface area contributed by atoms with Crippen LogP contribution in [0.5, 0.6) is 0 Å². The van der Waals surface area contributed by atoms with Crippen molar-refractivity contribution in [2.75, 3.05) is 40.3 Å². The minimum atomic E-state index is -1.49. The van der Waals surface area contributed by atoms with Crippen LogP contribution in [-0.2, 0) is 5.67 Å². The first-order valence-electron chi connectivity index (χ1n) is 14.6. The van der Waals surface area contributed by atoms with Crippen LogP contribution in [0.2, 0.25) is 0 Å². The second kappa shape index (κ2) is 11.9. The molecule has 1 saturated heterocycles. The number of aliphatic imine (C=N–C) groups is 1. The number of carbonyl (C=O) groups is 1. The Morgan fingerprint density at radius 1 is 1.12 bits per heavy atom. The molecule has 40 heavy (non-hydrogen) atoms. The summed E-state index contributed by atoms with van der Waals surface area (Å²) in [5.74, 6) is 0.435. The maximum absolute atomic E-state index is 15.8. The number of carbonyl (C=O) groups excluding carboxylic acids is 1. The molecule has 0 spiro atoms. The van der Waals surface area contributed by atoms with E-state index in [-0.39, 0.29) is 18.7 Å². The zero-order valence-corrected chi connectivity index (χ0v) is 24.0. The van der Waals surface area contributed by atoms with Crippen LogP contribution in [0, 0.1) is 18.3 Å². The number of nitrogens with one attached hydrogen (secondary N) is 1. The smallest absolute Gasteiger partial charge is 0.254 e. The Morgan fingerprint density at radius 2 is 1.82 bits per heavy atom. The average molecular weight is 542 g/mol. The molecule has 2 fully saturated rings. The quantitative estimate of drug-likeness (QED) is 0.446. The fourth-order valence-electron chi connectivity index (χ4n) is 6.09. The summed E-state index contributed by atoms with van der Waals surface area (Å²) < 4.78 is 15.8. The largest absolute Gasteiger partial charge is 0.391 e. The summed E-state index contributed by atoms with van der Waals surface area (Å²) in [6.45, 7) is 4.72. The van der Waals surface area contributed by atoms with Gasteiger partial charge in [0.1, 0.15) is 5.67 Å². The van der Waals surface area contributed by atoms with Crippen molar-refractivity contribution < 1.29 is 9.18 Å². The van der Waals surface area contributed by atoms with Gasteiger partial charge >= 0.3 is 0 Å². The number of hydrogen-bond donors (Lipinski definition) is 1. The second-order valence-electron chi connectivity index (χ2n) is 11.6. The summed E-state index contributed by atoms with van der Waals surface area (Å²) >= 11 is 0. The first-order chi connectivity index (χ1) is 19.3. The topological polar surface area (TPSA) is 71.7 Å². The Labute approximate surface area is 237 Å². The molecule has 1 N–H and O–H groups in total. The van der Waals surface area contributed by atoms with Crippen molar-refractivity contribution in [3.63, 3.8) is 0 Å². The van der Waals surface area contributed by atoms with Crippen molar-refractivity contribution in [2.45, 2.75) is 63.5 Å². The minimum Gasteiger partial charge on any atom is -0.391 e. The van der Waals surface area contributed by atoms with Crippen molar-refractivity contribution in [2.24, 2.45) is 4.99 Å². The van der Waals surface area contributed by atoms with E-state index < -0.39 is 5.67 Å². The van der Waals surface area contributed by atoms with E-state index in [9.17, 15) is 4.79 Å². The number of piperidine rings is 1. The normalized spacial score (nSPS) is 20.2. The number of nitriles is 1. The molecule has 0 aromatic heterocycles. The van der Waals surface area contributed by atoms with Gasteiger partial charge in [0.2, 0.25) is 0 Å². The van der Waals surface area contributed by atoms with E-state index in [1.165, 1.54) is 23.3 Å². The molecular formula is C33H40FN5O. The summed E-state index contributed by atoms with van der Waals surface area (Å²) in [7, 11) is 4.13. The monoisotopic (exact) mass is 541 g/mol. The molecule has 5 rings (SSSR count). The summed E-state index contributed by atoms with van der Waals surface area (Å²) in [6.07, 6.45) is 7.93. The molecule has 2 aromatic carbocycles. The van der Waals surface area contributed by atoms with Crippen LogP contribution < -0.4 is 5.32 Å². The van der Waals surface area contributed by atoms with Crippen LogP contribution in [0.25, 0.3) is 0 Å². The van der Waals surface area contributed by atoms with E-state index in [0.29, 0.717) is 35.7 Å². The number of nitrogens with zero attached hydrogens (tertiary/aromatic N) is 4. The van der Waals surface area contributed by atoms with E-state index in [1.807, 2.05) is 26.3 Å². The van der Waals surface area contributed by atoms with Crippen LogP contribution in [0.15, 0.2) is 52.7 Å². The highest BCUT2D eigenvalue weighted by molar-refractivity contribution is 5.97. The highest BCUT2D eigenvalue weighted by atomic mass is 19.1. The molecule has 2 aliphatic heterocycles. The molecule has 6 nitrogen and oxygen atoms in total. The summed E-state index contributed by atoms with van der Waals surface area (Å²) in [6, 6.07) is 12.9. The molecule has 7 heteroatoms. The molecular weight excluding hydrogens is 501 g/mol. The van der Waals surface area contributed by atoms with Crippen LogP contribution >= 0.6 is 0 Å². The van der Waals surface area contributed by atoms with Crippen LogP contribution in [0.3, 0.4) is 0 Å². The Bertz CT molecular complexity index is 1340. The van der Waals surface area contributed by atoms with Gasteiger partial charge in [0.05, 0.1) is 17.3 Å². The number of aryl methyl sites for hydroxylation is 1. The Hall–Kier alpha value is -3.50. The lowest BCUT2D eigenvalue weighted by atomic mass is 9.78. The van der Waals surface area contributed by atoms with E-state index in [2.05, 4.69) is 29.4 Å². The number of amides is 1. The number of likely N-dealkylation sites (tertiary alicyclic amines) is 1. The number of benzene rings is 2. The Kier molecular flexibility index (Phi) is 8.37. The molecule has 1 amide bonds. The van der Waals surface area contributed by atoms with Gasteiger partial charge in [-0.25, -0.2) is 4.39 Å². The van der Waals surface area contributed by atoms with Crippen LogP contribution in [0.4, 0.5) is 10.1 Å². The zero-order valence-electron chi connectivity index (χ0n) is 24.0. The lowest BCUT2D eigenvalue weighted by Crippen LogP contribution is -2.43. The van der Waals surface area contributed by atoms with Gasteiger partial charge in [-0.05, 0) is 79.6 Å². The Morgan fingerprint density at radius 3 is 2.45 bits per heavy atom. The van der Waals surface area contributed by atoms with Crippen molar-refractivity contribution >= 4 is 17.8 Å². The SMILES string of the molecule is CNC1=C(/C=N/c2cc(C(=O)N3CCC(F)(c4ccc(C#N)cc4)CC3)c(C)cc2C2CCC2)CCN(C)CC1. The van der Waals surface area contributed by atoms with Gasteiger partial charge in [-0.3, -0.25) is 9.79 Å². The van der Waals surface area contributed by atoms with Gasteiger partial charge in [0, 0.05) is 70.0 Å².